The quantitative estimate of drug-likeness (QED) is 0.564. The van der Waals surface area contributed by atoms with Crippen LogP contribution in [0.3, 0.4) is 0 Å². The number of aliphatic imine (C=N–C) groups is 1. The van der Waals surface area contributed by atoms with E-state index < -0.39 is 0 Å². The molecule has 0 saturated heterocycles. The summed E-state index contributed by atoms with van der Waals surface area (Å²) in [7, 11) is 1.84. The summed E-state index contributed by atoms with van der Waals surface area (Å²) in [5.74, 6) is 0. The van der Waals surface area contributed by atoms with Crippen molar-refractivity contribution < 1.29 is 0 Å². The Morgan fingerprint density at radius 2 is 2.33 bits per heavy atom. The molecule has 1 N–H and O–H groups in total. The van der Waals surface area contributed by atoms with Crippen LogP contribution in [0.5, 0.6) is 0 Å². The van der Waals surface area contributed by atoms with Gasteiger partial charge in [0.05, 0.1) is 5.70 Å². The second-order valence-corrected chi connectivity index (χ2v) is 1.59. The van der Waals surface area contributed by atoms with Gasteiger partial charge in [-0.05, 0) is 6.92 Å². The summed E-state index contributed by atoms with van der Waals surface area (Å²) in [6, 6.07) is 0. The Hall–Kier alpha value is -1.05. The lowest BCUT2D eigenvalue weighted by Gasteiger charge is -1.88. The van der Waals surface area contributed by atoms with Crippen molar-refractivity contribution in [1.82, 2.24) is 5.32 Å². The van der Waals surface area contributed by atoms with Crippen LogP contribution in [-0.4, -0.2) is 13.3 Å². The number of allylic oxidation sites excluding steroid dienone is 2. The van der Waals surface area contributed by atoms with Crippen LogP contribution in [0.4, 0.5) is 0 Å². The fourth-order valence-electron chi connectivity index (χ4n) is 0.416. The molecule has 0 spiro atoms. The van der Waals surface area contributed by atoms with Gasteiger partial charge in [-0.2, -0.15) is 0 Å². The van der Waals surface area contributed by atoms with Crippen molar-refractivity contribution in [1.29, 1.82) is 0 Å². The predicted molar refractivity (Wildman–Crippen MR) is 41.5 cm³/mol. The number of hydrogen-bond donors (Lipinski definition) is 1. The molecule has 9 heavy (non-hydrogen) atoms. The third-order valence-corrected chi connectivity index (χ3v) is 0.737. The monoisotopic (exact) mass is 124 g/mol. The van der Waals surface area contributed by atoms with E-state index in [4.69, 9.17) is 0 Å². The van der Waals surface area contributed by atoms with Crippen molar-refractivity contribution in [2.45, 2.75) is 6.92 Å². The van der Waals surface area contributed by atoms with Crippen LogP contribution < -0.4 is 5.32 Å². The molecule has 0 aromatic rings. The molecular formula is C7H12N2. The molecule has 0 bridgehead atoms. The molecule has 0 aliphatic heterocycles. The maximum Gasteiger partial charge on any atom is 0.0528 e. The summed E-state index contributed by atoms with van der Waals surface area (Å²) in [5.41, 5.74) is 0.942. The molecule has 0 unspecified atom stereocenters. The highest BCUT2D eigenvalue weighted by molar-refractivity contribution is 5.71. The van der Waals surface area contributed by atoms with Crippen LogP contribution in [0.15, 0.2) is 29.5 Å². The van der Waals surface area contributed by atoms with Gasteiger partial charge in [-0.3, -0.25) is 4.99 Å². The normalized spacial score (nSPS) is 12.0. The fraction of sp³-hybridized carbons (Fsp3) is 0.286. The van der Waals surface area contributed by atoms with Crippen LogP contribution >= 0.6 is 0 Å². The van der Waals surface area contributed by atoms with E-state index in [9.17, 15) is 0 Å². The summed E-state index contributed by atoms with van der Waals surface area (Å²) in [6.45, 7) is 5.41. The summed E-state index contributed by atoms with van der Waals surface area (Å²) in [6.07, 6.45) is 5.12. The first-order valence-corrected chi connectivity index (χ1v) is 2.80. The first-order chi connectivity index (χ1) is 4.31. The highest BCUT2D eigenvalue weighted by Crippen LogP contribution is 1.88. The Kier molecular flexibility index (Phi) is 4.50. The lowest BCUT2D eigenvalue weighted by Crippen LogP contribution is -1.92. The van der Waals surface area contributed by atoms with E-state index >= 15 is 0 Å². The molecule has 0 amide bonds. The zero-order valence-corrected chi connectivity index (χ0v) is 5.89. The number of rotatable bonds is 3. The molecule has 0 heterocycles. The molecule has 0 radical (unpaired) electrons. The molecule has 0 aromatic heterocycles. The maximum atomic E-state index is 3.99. The molecular weight excluding hydrogens is 112 g/mol. The standard InChI is InChI=1S/C7H12N2/c1-4-5-9-7(2)6-8-3/h4-6,8H,1H2,2-3H3/b7-6-,9-5?. The Labute approximate surface area is 56.0 Å². The average molecular weight is 124 g/mol. The van der Waals surface area contributed by atoms with Gasteiger partial charge in [0.25, 0.3) is 0 Å². The second-order valence-electron chi connectivity index (χ2n) is 1.59. The lowest BCUT2D eigenvalue weighted by molar-refractivity contribution is 1.06. The van der Waals surface area contributed by atoms with E-state index in [1.165, 1.54) is 0 Å². The van der Waals surface area contributed by atoms with Gasteiger partial charge in [0, 0.05) is 19.5 Å². The van der Waals surface area contributed by atoms with E-state index in [0.29, 0.717) is 0 Å². The minimum atomic E-state index is 0.942. The Morgan fingerprint density at radius 1 is 1.67 bits per heavy atom. The smallest absolute Gasteiger partial charge is 0.0528 e. The SMILES string of the molecule is C=CC=N/C(C)=C\NC. The van der Waals surface area contributed by atoms with Crippen molar-refractivity contribution in [2.24, 2.45) is 4.99 Å². The molecule has 0 aliphatic carbocycles. The number of nitrogens with one attached hydrogen (secondary N) is 1. The maximum absolute atomic E-state index is 3.99. The van der Waals surface area contributed by atoms with Gasteiger partial charge >= 0.3 is 0 Å². The van der Waals surface area contributed by atoms with Crippen LogP contribution in [0, 0.1) is 0 Å². The summed E-state index contributed by atoms with van der Waals surface area (Å²) < 4.78 is 0. The molecule has 0 aliphatic rings. The van der Waals surface area contributed by atoms with Crippen molar-refractivity contribution in [2.75, 3.05) is 7.05 Å². The van der Waals surface area contributed by atoms with E-state index in [1.807, 2.05) is 20.2 Å². The molecule has 0 aromatic carbocycles. The lowest BCUT2D eigenvalue weighted by atomic mass is 10.5. The van der Waals surface area contributed by atoms with E-state index in [0.717, 1.165) is 5.70 Å². The first-order valence-electron chi connectivity index (χ1n) is 2.80. The van der Waals surface area contributed by atoms with Gasteiger partial charge in [0.1, 0.15) is 0 Å². The Morgan fingerprint density at radius 3 is 2.78 bits per heavy atom. The van der Waals surface area contributed by atoms with E-state index in [1.54, 1.807) is 12.3 Å². The first kappa shape index (κ1) is 7.95. The highest BCUT2D eigenvalue weighted by Gasteiger charge is 1.74. The molecule has 0 saturated carbocycles. The molecule has 2 heteroatoms. The summed E-state index contributed by atoms with van der Waals surface area (Å²) >= 11 is 0. The molecule has 2 nitrogen and oxygen atoms in total. The van der Waals surface area contributed by atoms with Crippen LogP contribution in [0.25, 0.3) is 0 Å². The van der Waals surface area contributed by atoms with Crippen LogP contribution in [-0.2, 0) is 0 Å². The minimum absolute atomic E-state index is 0.942. The summed E-state index contributed by atoms with van der Waals surface area (Å²) in [4.78, 5) is 3.99. The van der Waals surface area contributed by atoms with Crippen molar-refractivity contribution in [3.8, 4) is 0 Å². The Balaban J connectivity index is 3.74. The van der Waals surface area contributed by atoms with Gasteiger partial charge in [-0.1, -0.05) is 12.7 Å². The molecule has 0 atom stereocenters. The topological polar surface area (TPSA) is 24.4 Å². The molecule has 0 rings (SSSR count). The van der Waals surface area contributed by atoms with Gasteiger partial charge in [-0.25, -0.2) is 0 Å². The third-order valence-electron chi connectivity index (χ3n) is 0.737. The Bertz CT molecular complexity index is 134. The zero-order chi connectivity index (χ0) is 7.11. The van der Waals surface area contributed by atoms with Crippen LogP contribution in [0.2, 0.25) is 0 Å². The van der Waals surface area contributed by atoms with Crippen molar-refractivity contribution >= 4 is 6.21 Å². The van der Waals surface area contributed by atoms with Crippen molar-refractivity contribution in [3.05, 3.63) is 24.6 Å². The van der Waals surface area contributed by atoms with E-state index in [2.05, 4.69) is 16.9 Å². The number of nitrogens with zero attached hydrogens (tertiary/aromatic N) is 1. The van der Waals surface area contributed by atoms with Gasteiger partial charge in [0.15, 0.2) is 0 Å². The van der Waals surface area contributed by atoms with E-state index in [-0.39, 0.29) is 0 Å². The zero-order valence-electron chi connectivity index (χ0n) is 5.89. The van der Waals surface area contributed by atoms with Crippen LogP contribution in [0.1, 0.15) is 6.92 Å². The highest BCUT2D eigenvalue weighted by atomic mass is 14.8. The largest absolute Gasteiger partial charge is 0.393 e. The third kappa shape index (κ3) is 4.81. The van der Waals surface area contributed by atoms with Crippen molar-refractivity contribution in [3.63, 3.8) is 0 Å². The number of hydrogen-bond acceptors (Lipinski definition) is 2. The average Bonchev–Trinajstić information content (AvgIpc) is 1.85. The minimum Gasteiger partial charge on any atom is -0.393 e. The molecule has 50 valence electrons. The van der Waals surface area contributed by atoms with Gasteiger partial charge in [0.2, 0.25) is 0 Å². The predicted octanol–water partition coefficient (Wildman–Crippen LogP) is 1.32. The van der Waals surface area contributed by atoms with Gasteiger partial charge in [-0.15, -0.1) is 0 Å². The fourth-order valence-corrected chi connectivity index (χ4v) is 0.416. The van der Waals surface area contributed by atoms with Gasteiger partial charge < -0.3 is 5.32 Å². The summed E-state index contributed by atoms with van der Waals surface area (Å²) in [5, 5.41) is 2.87. The second kappa shape index (κ2) is 5.09. The molecule has 0 fully saturated rings.